The van der Waals surface area contributed by atoms with Gasteiger partial charge in [0.15, 0.2) is 5.82 Å². The molecule has 0 fully saturated rings. The predicted octanol–water partition coefficient (Wildman–Crippen LogP) is 3.04. The molecule has 1 aromatic heterocycles. The highest BCUT2D eigenvalue weighted by atomic mass is 19.1. The van der Waals surface area contributed by atoms with Gasteiger partial charge in [0.1, 0.15) is 0 Å². The fraction of sp³-hybridized carbons (Fsp3) is 0.143. The van der Waals surface area contributed by atoms with Gasteiger partial charge in [0.25, 0.3) is 5.91 Å². The maximum atomic E-state index is 13.4. The Morgan fingerprint density at radius 2 is 2.11 bits per heavy atom. The second-order valence-corrected chi connectivity index (χ2v) is 3.82. The van der Waals surface area contributed by atoms with Gasteiger partial charge in [-0.2, -0.15) is 0 Å². The van der Waals surface area contributed by atoms with Gasteiger partial charge in [-0.25, -0.2) is 4.39 Å². The van der Waals surface area contributed by atoms with Crippen LogP contribution in [0.2, 0.25) is 0 Å². The van der Waals surface area contributed by atoms with Crippen LogP contribution in [0.3, 0.4) is 0 Å². The van der Waals surface area contributed by atoms with Crippen LogP contribution in [0.15, 0.2) is 42.7 Å². The number of aryl methyl sites for hydroxylation is 1. The Bertz CT molecular complexity index is 569. The maximum Gasteiger partial charge on any atom is 0.258 e. The van der Waals surface area contributed by atoms with Crippen LogP contribution in [0, 0.1) is 5.82 Å². The number of rotatable bonds is 3. The molecule has 0 aliphatic carbocycles. The number of nitrogens with zero attached hydrogens (tertiary/aromatic N) is 1. The van der Waals surface area contributed by atoms with Crippen LogP contribution < -0.4 is 5.32 Å². The van der Waals surface area contributed by atoms with Crippen LogP contribution in [-0.2, 0) is 6.42 Å². The molecule has 1 heterocycles. The second-order valence-electron chi connectivity index (χ2n) is 3.82. The molecule has 2 aromatic rings. The third-order valence-corrected chi connectivity index (χ3v) is 2.66. The van der Waals surface area contributed by atoms with E-state index in [1.165, 1.54) is 12.3 Å². The smallest absolute Gasteiger partial charge is 0.258 e. The van der Waals surface area contributed by atoms with Crippen LogP contribution in [-0.4, -0.2) is 10.9 Å². The number of anilines is 1. The van der Waals surface area contributed by atoms with Gasteiger partial charge in [-0.1, -0.05) is 25.1 Å². The van der Waals surface area contributed by atoms with Gasteiger partial charge >= 0.3 is 0 Å². The first-order valence-electron chi connectivity index (χ1n) is 5.71. The van der Waals surface area contributed by atoms with Crippen LogP contribution in [0.25, 0.3) is 0 Å². The third kappa shape index (κ3) is 2.53. The summed E-state index contributed by atoms with van der Waals surface area (Å²) in [5, 5.41) is 2.71. The lowest BCUT2D eigenvalue weighted by Crippen LogP contribution is -2.15. The highest BCUT2D eigenvalue weighted by Crippen LogP contribution is 2.17. The quantitative estimate of drug-likeness (QED) is 0.901. The topological polar surface area (TPSA) is 42.0 Å². The van der Waals surface area contributed by atoms with E-state index in [1.807, 2.05) is 25.1 Å². The zero-order valence-corrected chi connectivity index (χ0v) is 9.98. The Morgan fingerprint density at radius 1 is 1.33 bits per heavy atom. The number of halogens is 1. The molecule has 92 valence electrons. The molecule has 0 aliphatic heterocycles. The van der Waals surface area contributed by atoms with E-state index in [1.54, 1.807) is 6.07 Å². The number of carbonyl (C=O) groups excluding carboxylic acids is 1. The number of hydrogen-bond donors (Lipinski definition) is 1. The molecular formula is C14H13FN2O. The number of amides is 1. The maximum absolute atomic E-state index is 13.4. The van der Waals surface area contributed by atoms with Crippen molar-refractivity contribution in [1.82, 2.24) is 4.98 Å². The Balaban J connectivity index is 2.24. The number of hydrogen-bond acceptors (Lipinski definition) is 2. The first-order valence-corrected chi connectivity index (χ1v) is 5.71. The lowest BCUT2D eigenvalue weighted by Gasteiger charge is -2.09. The SMILES string of the molecule is CCc1ccccc1NC(=O)c1ccncc1F. The summed E-state index contributed by atoms with van der Waals surface area (Å²) in [5.41, 5.74) is 1.72. The predicted molar refractivity (Wildman–Crippen MR) is 68.0 cm³/mol. The van der Waals surface area contributed by atoms with Crippen molar-refractivity contribution in [3.05, 3.63) is 59.7 Å². The van der Waals surface area contributed by atoms with Gasteiger partial charge in [-0.05, 0) is 24.1 Å². The lowest BCUT2D eigenvalue weighted by atomic mass is 10.1. The molecule has 4 heteroatoms. The zero-order valence-electron chi connectivity index (χ0n) is 9.98. The van der Waals surface area contributed by atoms with E-state index in [4.69, 9.17) is 0 Å². The minimum absolute atomic E-state index is 0.00379. The van der Waals surface area contributed by atoms with E-state index in [2.05, 4.69) is 10.3 Å². The highest BCUT2D eigenvalue weighted by Gasteiger charge is 2.12. The lowest BCUT2D eigenvalue weighted by molar-refractivity contribution is 0.102. The monoisotopic (exact) mass is 244 g/mol. The van der Waals surface area contributed by atoms with Gasteiger partial charge in [-0.3, -0.25) is 9.78 Å². The molecule has 0 saturated heterocycles. The summed E-state index contributed by atoms with van der Waals surface area (Å²) in [6.07, 6.45) is 3.22. The molecule has 1 amide bonds. The molecule has 1 aromatic carbocycles. The number of pyridine rings is 1. The molecule has 3 nitrogen and oxygen atoms in total. The van der Waals surface area contributed by atoms with Crippen LogP contribution in [0.1, 0.15) is 22.8 Å². The summed E-state index contributed by atoms with van der Waals surface area (Å²) in [6, 6.07) is 8.83. The van der Waals surface area contributed by atoms with Gasteiger partial charge in [0.2, 0.25) is 0 Å². The molecule has 0 spiro atoms. The van der Waals surface area contributed by atoms with E-state index < -0.39 is 11.7 Å². The van der Waals surface area contributed by atoms with Crippen LogP contribution in [0.5, 0.6) is 0 Å². The van der Waals surface area contributed by atoms with E-state index in [0.717, 1.165) is 18.2 Å². The average Bonchev–Trinajstić information content (AvgIpc) is 2.39. The molecule has 1 N–H and O–H groups in total. The normalized spacial score (nSPS) is 10.1. The summed E-state index contributed by atoms with van der Waals surface area (Å²) in [7, 11) is 0. The fourth-order valence-electron chi connectivity index (χ4n) is 1.70. The minimum atomic E-state index is -0.621. The van der Waals surface area contributed by atoms with E-state index >= 15 is 0 Å². The van der Waals surface area contributed by atoms with E-state index in [-0.39, 0.29) is 5.56 Å². The Hall–Kier alpha value is -2.23. The van der Waals surface area contributed by atoms with Crippen molar-refractivity contribution >= 4 is 11.6 Å². The molecule has 0 radical (unpaired) electrons. The van der Waals surface area contributed by atoms with Crippen molar-refractivity contribution in [3.8, 4) is 0 Å². The molecule has 0 saturated carbocycles. The minimum Gasteiger partial charge on any atom is -0.322 e. The van der Waals surface area contributed by atoms with Crippen molar-refractivity contribution in [3.63, 3.8) is 0 Å². The van der Waals surface area contributed by atoms with Crippen LogP contribution in [0.4, 0.5) is 10.1 Å². The molecule has 0 aliphatic rings. The van der Waals surface area contributed by atoms with Crippen molar-refractivity contribution < 1.29 is 9.18 Å². The highest BCUT2D eigenvalue weighted by molar-refractivity contribution is 6.04. The number of para-hydroxylation sites is 1. The Kier molecular flexibility index (Phi) is 3.67. The molecule has 18 heavy (non-hydrogen) atoms. The first kappa shape index (κ1) is 12.2. The summed E-state index contributed by atoms with van der Waals surface area (Å²) in [6.45, 7) is 2.00. The zero-order chi connectivity index (χ0) is 13.0. The molecular weight excluding hydrogens is 231 g/mol. The standard InChI is InChI=1S/C14H13FN2O/c1-2-10-5-3-4-6-13(10)17-14(18)11-7-8-16-9-12(11)15/h3-9H,2H2,1H3,(H,17,18). The van der Waals surface area contributed by atoms with Crippen molar-refractivity contribution in [2.45, 2.75) is 13.3 Å². The summed E-state index contributed by atoms with van der Waals surface area (Å²) >= 11 is 0. The van der Waals surface area contributed by atoms with Gasteiger partial charge in [-0.15, -0.1) is 0 Å². The number of nitrogens with one attached hydrogen (secondary N) is 1. The molecule has 0 bridgehead atoms. The average molecular weight is 244 g/mol. The summed E-state index contributed by atoms with van der Waals surface area (Å²) < 4.78 is 13.4. The van der Waals surface area contributed by atoms with Crippen LogP contribution >= 0.6 is 0 Å². The largest absolute Gasteiger partial charge is 0.322 e. The van der Waals surface area contributed by atoms with Gasteiger partial charge in [0, 0.05) is 11.9 Å². The van der Waals surface area contributed by atoms with Crippen molar-refractivity contribution in [1.29, 1.82) is 0 Å². The third-order valence-electron chi connectivity index (χ3n) is 2.66. The fourth-order valence-corrected chi connectivity index (χ4v) is 1.70. The number of aromatic nitrogens is 1. The second kappa shape index (κ2) is 5.40. The molecule has 0 atom stereocenters. The van der Waals surface area contributed by atoms with Crippen molar-refractivity contribution in [2.75, 3.05) is 5.32 Å². The molecule has 2 rings (SSSR count). The van der Waals surface area contributed by atoms with Crippen molar-refractivity contribution in [2.24, 2.45) is 0 Å². The molecule has 0 unspecified atom stereocenters. The Labute approximate surface area is 105 Å². The first-order chi connectivity index (χ1) is 8.72. The van der Waals surface area contributed by atoms with Gasteiger partial charge < -0.3 is 5.32 Å². The van der Waals surface area contributed by atoms with E-state index in [0.29, 0.717) is 5.69 Å². The van der Waals surface area contributed by atoms with E-state index in [9.17, 15) is 9.18 Å². The van der Waals surface area contributed by atoms with Gasteiger partial charge in [0.05, 0.1) is 11.8 Å². The number of benzene rings is 1. The summed E-state index contributed by atoms with van der Waals surface area (Å²) in [4.78, 5) is 15.5. The number of carbonyl (C=O) groups is 1. The summed E-state index contributed by atoms with van der Waals surface area (Å²) in [5.74, 6) is -1.08. The Morgan fingerprint density at radius 3 is 2.83 bits per heavy atom.